The topological polar surface area (TPSA) is 42.4 Å². The van der Waals surface area contributed by atoms with E-state index in [2.05, 4.69) is 11.9 Å². The molecule has 0 bridgehead atoms. The average molecular weight is 383 g/mol. The highest BCUT2D eigenvalue weighted by atomic mass is 35.5. The van der Waals surface area contributed by atoms with Crippen molar-refractivity contribution in [1.29, 1.82) is 0 Å². The van der Waals surface area contributed by atoms with Gasteiger partial charge in [-0.25, -0.2) is 4.98 Å². The molecule has 27 heavy (non-hydrogen) atoms. The summed E-state index contributed by atoms with van der Waals surface area (Å²) in [6.07, 6.45) is 0.842. The molecule has 0 saturated heterocycles. The van der Waals surface area contributed by atoms with E-state index in [0.717, 1.165) is 22.9 Å². The summed E-state index contributed by atoms with van der Waals surface area (Å²) in [5.74, 6) is 0.614. The van der Waals surface area contributed by atoms with Crippen LogP contribution in [0.2, 0.25) is 5.15 Å². The van der Waals surface area contributed by atoms with E-state index in [-0.39, 0.29) is 11.9 Å². The van der Waals surface area contributed by atoms with Crippen LogP contribution < -0.4 is 4.74 Å². The first-order chi connectivity index (χ1) is 13.0. The van der Waals surface area contributed by atoms with Crippen LogP contribution in [0.1, 0.15) is 36.2 Å². The van der Waals surface area contributed by atoms with Crippen LogP contribution in [0.4, 0.5) is 0 Å². The number of benzene rings is 2. The molecule has 1 atom stereocenters. The van der Waals surface area contributed by atoms with Crippen LogP contribution in [0.5, 0.6) is 5.75 Å². The van der Waals surface area contributed by atoms with E-state index >= 15 is 0 Å². The lowest BCUT2D eigenvalue weighted by Gasteiger charge is -2.29. The van der Waals surface area contributed by atoms with Crippen LogP contribution >= 0.6 is 11.6 Å². The number of aromatic nitrogens is 1. The SMILES string of the molecule is CCC(C)N(Cc1cc2ccccc2nc1Cl)C(=O)c1cccc(OC)c1. The minimum Gasteiger partial charge on any atom is -0.497 e. The van der Waals surface area contributed by atoms with Crippen molar-refractivity contribution in [3.05, 3.63) is 70.9 Å². The summed E-state index contributed by atoms with van der Waals surface area (Å²) in [4.78, 5) is 19.5. The summed E-state index contributed by atoms with van der Waals surface area (Å²) in [5.41, 5.74) is 2.28. The third-order valence-corrected chi connectivity index (χ3v) is 5.12. The number of para-hydroxylation sites is 1. The lowest BCUT2D eigenvalue weighted by atomic mass is 10.1. The van der Waals surface area contributed by atoms with E-state index in [4.69, 9.17) is 16.3 Å². The van der Waals surface area contributed by atoms with Gasteiger partial charge in [0.2, 0.25) is 0 Å². The Morgan fingerprint density at radius 1 is 1.19 bits per heavy atom. The summed E-state index contributed by atoms with van der Waals surface area (Å²) in [6, 6.07) is 17.1. The molecule has 2 aromatic carbocycles. The van der Waals surface area contributed by atoms with Gasteiger partial charge in [0.05, 0.1) is 12.6 Å². The standard InChI is InChI=1S/C22H23ClN2O2/c1-4-15(2)25(22(26)17-9-7-10-19(13-17)27-3)14-18-12-16-8-5-6-11-20(16)24-21(18)23/h5-13,15H,4,14H2,1-3H3. The zero-order valence-electron chi connectivity index (χ0n) is 15.8. The van der Waals surface area contributed by atoms with Crippen molar-refractivity contribution >= 4 is 28.4 Å². The monoisotopic (exact) mass is 382 g/mol. The molecule has 4 nitrogen and oxygen atoms in total. The molecule has 0 fully saturated rings. The maximum absolute atomic E-state index is 13.2. The van der Waals surface area contributed by atoms with Gasteiger partial charge in [-0.2, -0.15) is 0 Å². The van der Waals surface area contributed by atoms with E-state index in [9.17, 15) is 4.79 Å². The molecule has 0 saturated carbocycles. The third-order valence-electron chi connectivity index (χ3n) is 4.79. The largest absolute Gasteiger partial charge is 0.497 e. The normalized spacial score (nSPS) is 12.0. The Kier molecular flexibility index (Phi) is 5.97. The smallest absolute Gasteiger partial charge is 0.254 e. The molecule has 5 heteroatoms. The van der Waals surface area contributed by atoms with Crippen LogP contribution in [0.3, 0.4) is 0 Å². The summed E-state index contributed by atoms with van der Waals surface area (Å²) in [6.45, 7) is 4.51. The van der Waals surface area contributed by atoms with Crippen LogP contribution in [0.25, 0.3) is 10.9 Å². The van der Waals surface area contributed by atoms with Crippen molar-refractivity contribution in [2.75, 3.05) is 7.11 Å². The Labute approximate surface area is 164 Å². The van der Waals surface area contributed by atoms with Crippen molar-refractivity contribution in [3.63, 3.8) is 0 Å². The zero-order valence-corrected chi connectivity index (χ0v) is 16.5. The lowest BCUT2D eigenvalue weighted by molar-refractivity contribution is 0.0671. The fourth-order valence-corrected chi connectivity index (χ4v) is 3.21. The van der Waals surface area contributed by atoms with Gasteiger partial charge in [-0.1, -0.05) is 42.8 Å². The number of carbonyl (C=O) groups excluding carboxylic acids is 1. The fraction of sp³-hybridized carbons (Fsp3) is 0.273. The van der Waals surface area contributed by atoms with Crippen molar-refractivity contribution < 1.29 is 9.53 Å². The predicted molar refractivity (Wildman–Crippen MR) is 109 cm³/mol. The van der Waals surface area contributed by atoms with Gasteiger partial charge in [-0.3, -0.25) is 4.79 Å². The third kappa shape index (κ3) is 4.22. The van der Waals surface area contributed by atoms with E-state index in [1.54, 1.807) is 19.2 Å². The average Bonchev–Trinajstić information content (AvgIpc) is 2.71. The van der Waals surface area contributed by atoms with Gasteiger partial charge in [0, 0.05) is 29.1 Å². The Bertz CT molecular complexity index is 958. The van der Waals surface area contributed by atoms with Gasteiger partial charge in [0.1, 0.15) is 10.9 Å². The summed E-state index contributed by atoms with van der Waals surface area (Å²) in [7, 11) is 1.59. The van der Waals surface area contributed by atoms with E-state index in [1.807, 2.05) is 54.3 Å². The van der Waals surface area contributed by atoms with E-state index in [0.29, 0.717) is 23.0 Å². The molecule has 1 heterocycles. The first kappa shape index (κ1) is 19.2. The Morgan fingerprint density at radius 3 is 2.70 bits per heavy atom. The first-order valence-corrected chi connectivity index (χ1v) is 9.40. The highest BCUT2D eigenvalue weighted by Crippen LogP contribution is 2.24. The number of rotatable bonds is 6. The maximum Gasteiger partial charge on any atom is 0.254 e. The van der Waals surface area contributed by atoms with Gasteiger partial charge >= 0.3 is 0 Å². The fourth-order valence-electron chi connectivity index (χ4n) is 3.00. The first-order valence-electron chi connectivity index (χ1n) is 9.02. The molecule has 0 aliphatic heterocycles. The van der Waals surface area contributed by atoms with Gasteiger partial charge < -0.3 is 9.64 Å². The van der Waals surface area contributed by atoms with Crippen molar-refractivity contribution in [1.82, 2.24) is 9.88 Å². The molecule has 0 N–H and O–H groups in total. The van der Waals surface area contributed by atoms with Gasteiger partial charge in [0.15, 0.2) is 0 Å². The summed E-state index contributed by atoms with van der Waals surface area (Å²) >= 11 is 6.42. The highest BCUT2D eigenvalue weighted by molar-refractivity contribution is 6.30. The zero-order chi connectivity index (χ0) is 19.4. The molecule has 140 valence electrons. The predicted octanol–water partition coefficient (Wildman–Crippen LogP) is 5.34. The number of nitrogens with zero attached hydrogens (tertiary/aromatic N) is 2. The molecule has 0 aliphatic carbocycles. The number of carbonyl (C=O) groups is 1. The summed E-state index contributed by atoms with van der Waals surface area (Å²) < 4.78 is 5.26. The van der Waals surface area contributed by atoms with Crippen LogP contribution in [-0.4, -0.2) is 28.9 Å². The number of halogens is 1. The number of hydrogen-bond donors (Lipinski definition) is 0. The van der Waals surface area contributed by atoms with Gasteiger partial charge in [-0.05, 0) is 43.7 Å². The van der Waals surface area contributed by atoms with Gasteiger partial charge in [-0.15, -0.1) is 0 Å². The second-order valence-corrected chi connectivity index (χ2v) is 6.91. The van der Waals surface area contributed by atoms with Crippen molar-refractivity contribution in [3.8, 4) is 5.75 Å². The van der Waals surface area contributed by atoms with E-state index in [1.165, 1.54) is 0 Å². The van der Waals surface area contributed by atoms with Gasteiger partial charge in [0.25, 0.3) is 5.91 Å². The quantitative estimate of drug-likeness (QED) is 0.540. The lowest BCUT2D eigenvalue weighted by Crippen LogP contribution is -2.38. The van der Waals surface area contributed by atoms with Crippen LogP contribution in [-0.2, 0) is 6.54 Å². The number of amides is 1. The molecule has 0 spiro atoms. The minimum absolute atomic E-state index is 0.0486. The molecular formula is C22H23ClN2O2. The molecule has 0 aliphatic rings. The van der Waals surface area contributed by atoms with E-state index < -0.39 is 0 Å². The van der Waals surface area contributed by atoms with Crippen molar-refractivity contribution in [2.24, 2.45) is 0 Å². The van der Waals surface area contributed by atoms with Crippen LogP contribution in [0, 0.1) is 0 Å². The molecule has 1 unspecified atom stereocenters. The number of pyridine rings is 1. The maximum atomic E-state index is 13.2. The molecule has 1 aromatic heterocycles. The molecule has 3 aromatic rings. The number of fused-ring (bicyclic) bond motifs is 1. The second-order valence-electron chi connectivity index (χ2n) is 6.55. The van der Waals surface area contributed by atoms with Crippen LogP contribution in [0.15, 0.2) is 54.6 Å². The number of methoxy groups -OCH3 is 1. The molecule has 1 amide bonds. The second kappa shape index (κ2) is 8.40. The Morgan fingerprint density at radius 2 is 1.96 bits per heavy atom. The molecule has 3 rings (SSSR count). The summed E-state index contributed by atoms with van der Waals surface area (Å²) in [5, 5.41) is 1.44. The number of ether oxygens (including phenoxy) is 1. The van der Waals surface area contributed by atoms with Crippen molar-refractivity contribution in [2.45, 2.75) is 32.9 Å². The number of hydrogen-bond acceptors (Lipinski definition) is 3. The Hall–Kier alpha value is -2.59. The minimum atomic E-state index is -0.0486. The molecule has 0 radical (unpaired) electrons. The Balaban J connectivity index is 1.96. The highest BCUT2D eigenvalue weighted by Gasteiger charge is 2.22. The molecular weight excluding hydrogens is 360 g/mol.